The number of hydrogen-bond acceptors (Lipinski definition) is 5. The van der Waals surface area contributed by atoms with Crippen molar-refractivity contribution in [2.75, 3.05) is 26.8 Å². The number of ether oxygens (including phenoxy) is 1. The molecule has 1 fully saturated rings. The largest absolute Gasteiger partial charge is 0.391 e. The van der Waals surface area contributed by atoms with Crippen LogP contribution in [0.4, 0.5) is 0 Å². The Morgan fingerprint density at radius 3 is 2.65 bits per heavy atom. The molecule has 114 valence electrons. The van der Waals surface area contributed by atoms with E-state index >= 15 is 0 Å². The Bertz CT molecular complexity index is 547. The van der Waals surface area contributed by atoms with Gasteiger partial charge in [-0.1, -0.05) is 0 Å². The molecule has 2 heterocycles. The summed E-state index contributed by atoms with van der Waals surface area (Å²) in [6, 6.07) is 1.64. The van der Waals surface area contributed by atoms with Crippen molar-refractivity contribution in [1.29, 1.82) is 0 Å². The van der Waals surface area contributed by atoms with E-state index in [1.807, 2.05) is 6.92 Å². The van der Waals surface area contributed by atoms with E-state index < -0.39 is 10.0 Å². The molecule has 5 nitrogen and oxygen atoms in total. The molecule has 1 aromatic heterocycles. The minimum Gasteiger partial charge on any atom is -0.391 e. The molecule has 0 spiro atoms. The maximum absolute atomic E-state index is 12.5. The highest BCUT2D eigenvalue weighted by atomic mass is 32.2. The van der Waals surface area contributed by atoms with Crippen molar-refractivity contribution in [3.05, 3.63) is 16.5 Å². The lowest BCUT2D eigenvalue weighted by Crippen LogP contribution is -2.33. The summed E-state index contributed by atoms with van der Waals surface area (Å²) in [5.41, 5.74) is 0.829. The van der Waals surface area contributed by atoms with Gasteiger partial charge < -0.3 is 9.84 Å². The Balaban J connectivity index is 2.11. The van der Waals surface area contributed by atoms with Gasteiger partial charge in [-0.3, -0.25) is 0 Å². The molecule has 0 bridgehead atoms. The number of aliphatic hydroxyl groups excluding tert-OH is 1. The Morgan fingerprint density at radius 2 is 2.10 bits per heavy atom. The van der Waals surface area contributed by atoms with Crippen molar-refractivity contribution < 1.29 is 18.3 Å². The van der Waals surface area contributed by atoms with Crippen LogP contribution in [0, 0.1) is 12.8 Å². The maximum Gasteiger partial charge on any atom is 0.252 e. The number of aliphatic hydroxyl groups is 1. The minimum absolute atomic E-state index is 0.115. The summed E-state index contributed by atoms with van der Waals surface area (Å²) in [6.45, 7) is 3.66. The van der Waals surface area contributed by atoms with Crippen LogP contribution < -0.4 is 0 Å². The Hall–Kier alpha value is -0.470. The second-order valence-electron chi connectivity index (χ2n) is 5.17. The summed E-state index contributed by atoms with van der Waals surface area (Å²) in [5, 5.41) is 9.19. The van der Waals surface area contributed by atoms with Crippen LogP contribution in [0.3, 0.4) is 0 Å². The maximum atomic E-state index is 12.5. The fourth-order valence-electron chi connectivity index (χ4n) is 2.32. The first-order valence-electron chi connectivity index (χ1n) is 6.69. The SMILES string of the molecule is Cc1cc(S(=O)(=O)N(C)CC2CCOCC2)sc1CO. The van der Waals surface area contributed by atoms with Crippen molar-refractivity contribution in [3.8, 4) is 0 Å². The van der Waals surface area contributed by atoms with Crippen LogP contribution in [0.2, 0.25) is 0 Å². The van der Waals surface area contributed by atoms with Gasteiger partial charge in [0, 0.05) is 31.7 Å². The van der Waals surface area contributed by atoms with E-state index in [4.69, 9.17) is 4.74 Å². The molecular weight excluding hydrogens is 298 g/mol. The van der Waals surface area contributed by atoms with E-state index in [1.54, 1.807) is 13.1 Å². The molecule has 1 N–H and O–H groups in total. The highest BCUT2D eigenvalue weighted by Crippen LogP contribution is 2.29. The third-order valence-corrected chi connectivity index (χ3v) is 7.16. The molecular formula is C13H21NO4S2. The van der Waals surface area contributed by atoms with Gasteiger partial charge in [0.2, 0.25) is 0 Å². The molecule has 0 unspecified atom stereocenters. The first-order valence-corrected chi connectivity index (χ1v) is 8.95. The predicted molar refractivity (Wildman–Crippen MR) is 78.3 cm³/mol. The zero-order valence-corrected chi connectivity index (χ0v) is 13.5. The van der Waals surface area contributed by atoms with Crippen LogP contribution in [-0.2, 0) is 21.4 Å². The van der Waals surface area contributed by atoms with Crippen molar-refractivity contribution in [2.45, 2.75) is 30.6 Å². The van der Waals surface area contributed by atoms with E-state index in [0.717, 1.165) is 29.7 Å². The van der Waals surface area contributed by atoms with Gasteiger partial charge in [-0.2, -0.15) is 4.31 Å². The summed E-state index contributed by atoms with van der Waals surface area (Å²) in [6.07, 6.45) is 1.82. The highest BCUT2D eigenvalue weighted by molar-refractivity contribution is 7.91. The number of aryl methyl sites for hydroxylation is 1. The zero-order valence-electron chi connectivity index (χ0n) is 11.8. The molecule has 0 radical (unpaired) electrons. The lowest BCUT2D eigenvalue weighted by Gasteiger charge is -2.26. The summed E-state index contributed by atoms with van der Waals surface area (Å²) in [7, 11) is -1.83. The van der Waals surface area contributed by atoms with E-state index in [-0.39, 0.29) is 6.61 Å². The smallest absolute Gasteiger partial charge is 0.252 e. The third kappa shape index (κ3) is 3.40. The van der Waals surface area contributed by atoms with Crippen LogP contribution >= 0.6 is 11.3 Å². The van der Waals surface area contributed by atoms with Crippen molar-refractivity contribution in [3.63, 3.8) is 0 Å². The van der Waals surface area contributed by atoms with Crippen LogP contribution in [0.25, 0.3) is 0 Å². The van der Waals surface area contributed by atoms with E-state index in [9.17, 15) is 13.5 Å². The monoisotopic (exact) mass is 319 g/mol. The molecule has 0 amide bonds. The predicted octanol–water partition coefficient (Wildman–Crippen LogP) is 1.60. The molecule has 1 aliphatic rings. The fraction of sp³-hybridized carbons (Fsp3) is 0.692. The lowest BCUT2D eigenvalue weighted by atomic mass is 10.0. The first-order chi connectivity index (χ1) is 9.45. The van der Waals surface area contributed by atoms with Gasteiger partial charge in [0.15, 0.2) is 0 Å². The molecule has 2 rings (SSSR count). The molecule has 0 aliphatic carbocycles. The summed E-state index contributed by atoms with van der Waals surface area (Å²) in [4.78, 5) is 0.711. The standard InChI is InChI=1S/C13H21NO4S2/c1-10-7-13(19-12(10)9-15)20(16,17)14(2)8-11-3-5-18-6-4-11/h7,11,15H,3-6,8-9H2,1-2H3. The molecule has 1 aliphatic heterocycles. The Kier molecular flexibility index (Phi) is 5.19. The van der Waals surface area contributed by atoms with Gasteiger partial charge in [-0.15, -0.1) is 11.3 Å². The highest BCUT2D eigenvalue weighted by Gasteiger charge is 2.27. The van der Waals surface area contributed by atoms with Crippen LogP contribution in [0.5, 0.6) is 0 Å². The molecule has 0 atom stereocenters. The summed E-state index contributed by atoms with van der Waals surface area (Å²) >= 11 is 1.15. The van der Waals surface area contributed by atoms with E-state index in [2.05, 4.69) is 0 Å². The van der Waals surface area contributed by atoms with Crippen LogP contribution in [-0.4, -0.2) is 44.6 Å². The average molecular weight is 319 g/mol. The van der Waals surface area contributed by atoms with Gasteiger partial charge >= 0.3 is 0 Å². The lowest BCUT2D eigenvalue weighted by molar-refractivity contribution is 0.0620. The second kappa shape index (κ2) is 6.53. The molecule has 20 heavy (non-hydrogen) atoms. The third-order valence-electron chi connectivity index (χ3n) is 3.66. The van der Waals surface area contributed by atoms with Crippen molar-refractivity contribution >= 4 is 21.4 Å². The number of sulfonamides is 1. The molecule has 0 saturated carbocycles. The summed E-state index contributed by atoms with van der Waals surface area (Å²) < 4.78 is 32.1. The molecule has 1 aromatic rings. The number of nitrogens with zero attached hydrogens (tertiary/aromatic N) is 1. The van der Waals surface area contributed by atoms with Crippen molar-refractivity contribution in [2.24, 2.45) is 5.92 Å². The summed E-state index contributed by atoms with van der Waals surface area (Å²) in [5.74, 6) is 0.363. The zero-order chi connectivity index (χ0) is 14.8. The normalized spacial score (nSPS) is 17.8. The van der Waals surface area contributed by atoms with E-state index in [0.29, 0.717) is 34.8 Å². The van der Waals surface area contributed by atoms with Gasteiger partial charge in [-0.25, -0.2) is 8.42 Å². The van der Waals surface area contributed by atoms with Crippen LogP contribution in [0.15, 0.2) is 10.3 Å². The quantitative estimate of drug-likeness (QED) is 0.895. The molecule has 7 heteroatoms. The number of hydrogen-bond donors (Lipinski definition) is 1. The van der Waals surface area contributed by atoms with Crippen molar-refractivity contribution in [1.82, 2.24) is 4.31 Å². The minimum atomic E-state index is -3.45. The van der Waals surface area contributed by atoms with Gasteiger partial charge in [0.05, 0.1) is 6.61 Å². The molecule has 1 saturated heterocycles. The first kappa shape index (κ1) is 15.9. The number of thiophene rings is 1. The van der Waals surface area contributed by atoms with Gasteiger partial charge in [0.25, 0.3) is 10.0 Å². The van der Waals surface area contributed by atoms with Gasteiger partial charge in [0.1, 0.15) is 4.21 Å². The number of rotatable bonds is 5. The topological polar surface area (TPSA) is 66.8 Å². The average Bonchev–Trinajstić information content (AvgIpc) is 2.81. The Morgan fingerprint density at radius 1 is 1.45 bits per heavy atom. The van der Waals surface area contributed by atoms with Gasteiger partial charge in [-0.05, 0) is 37.3 Å². The Labute approximate surface area is 124 Å². The van der Waals surface area contributed by atoms with E-state index in [1.165, 1.54) is 4.31 Å². The fourth-order valence-corrected chi connectivity index (χ4v) is 5.22. The van der Waals surface area contributed by atoms with Crippen LogP contribution in [0.1, 0.15) is 23.3 Å². The second-order valence-corrected chi connectivity index (χ2v) is 8.58. The molecule has 0 aromatic carbocycles.